The van der Waals surface area contributed by atoms with Gasteiger partial charge in [0.2, 0.25) is 6.79 Å². The summed E-state index contributed by atoms with van der Waals surface area (Å²) in [6.07, 6.45) is 1.50. The summed E-state index contributed by atoms with van der Waals surface area (Å²) in [6, 6.07) is 3.76. The van der Waals surface area contributed by atoms with Crippen molar-refractivity contribution < 1.29 is 24.4 Å². The number of hydrogen-bond donors (Lipinski definition) is 2. The van der Waals surface area contributed by atoms with Crippen LogP contribution in [-0.4, -0.2) is 54.3 Å². The molecule has 0 amide bonds. The Morgan fingerprint density at radius 3 is 2.81 bits per heavy atom. The molecule has 0 radical (unpaired) electrons. The fraction of sp³-hybridized carbons (Fsp3) is 0.600. The number of aliphatic hydroxyl groups excluding tert-OH is 1. The molecule has 1 atom stereocenters. The second-order valence-electron chi connectivity index (χ2n) is 5.71. The Morgan fingerprint density at radius 1 is 1.33 bits per heavy atom. The zero-order valence-electron chi connectivity index (χ0n) is 12.2. The van der Waals surface area contributed by atoms with Crippen LogP contribution in [0.5, 0.6) is 17.2 Å². The number of ether oxygens (including phenoxy) is 3. The number of benzene rings is 1. The molecule has 0 saturated carbocycles. The molecule has 2 heterocycles. The molecule has 0 aromatic heterocycles. The average Bonchev–Trinajstić information content (AvgIpc) is 2.93. The zero-order chi connectivity index (χ0) is 14.9. The van der Waals surface area contributed by atoms with Crippen molar-refractivity contribution in [2.45, 2.75) is 25.0 Å². The molecule has 21 heavy (non-hydrogen) atoms. The molecule has 6 nitrogen and oxygen atoms in total. The Labute approximate surface area is 123 Å². The van der Waals surface area contributed by atoms with E-state index < -0.39 is 5.60 Å². The molecule has 1 unspecified atom stereocenters. The van der Waals surface area contributed by atoms with Gasteiger partial charge in [-0.1, -0.05) is 0 Å². The largest absolute Gasteiger partial charge is 0.496 e. The number of methoxy groups -OCH3 is 1. The summed E-state index contributed by atoms with van der Waals surface area (Å²) in [6.45, 7) is 2.01. The maximum absolute atomic E-state index is 10.2. The number of piperidine rings is 1. The first-order chi connectivity index (χ1) is 10.1. The Hall–Kier alpha value is -1.50. The van der Waals surface area contributed by atoms with Gasteiger partial charge < -0.3 is 24.4 Å². The smallest absolute Gasteiger partial charge is 0.231 e. The van der Waals surface area contributed by atoms with E-state index in [4.69, 9.17) is 14.2 Å². The van der Waals surface area contributed by atoms with Crippen LogP contribution in [0.3, 0.4) is 0 Å². The van der Waals surface area contributed by atoms with Crippen molar-refractivity contribution in [3.8, 4) is 17.2 Å². The van der Waals surface area contributed by atoms with Crippen LogP contribution in [-0.2, 0) is 6.54 Å². The van der Waals surface area contributed by atoms with Crippen molar-refractivity contribution in [2.75, 3.05) is 33.6 Å². The number of β-amino-alcohol motifs (C(OH)–C–C–N with tert-alkyl or cyclic N) is 1. The summed E-state index contributed by atoms with van der Waals surface area (Å²) in [5.74, 6) is 2.17. The van der Waals surface area contributed by atoms with Crippen molar-refractivity contribution in [1.82, 2.24) is 4.90 Å². The van der Waals surface area contributed by atoms with E-state index >= 15 is 0 Å². The van der Waals surface area contributed by atoms with Crippen LogP contribution in [0.4, 0.5) is 0 Å². The van der Waals surface area contributed by atoms with Gasteiger partial charge in [-0.3, -0.25) is 4.90 Å². The van der Waals surface area contributed by atoms with Crippen molar-refractivity contribution in [2.24, 2.45) is 0 Å². The molecule has 1 aromatic rings. The summed E-state index contributed by atoms with van der Waals surface area (Å²) in [7, 11) is 1.63. The molecule has 0 spiro atoms. The van der Waals surface area contributed by atoms with Crippen LogP contribution in [0, 0.1) is 0 Å². The van der Waals surface area contributed by atoms with Crippen LogP contribution in [0.25, 0.3) is 0 Å². The van der Waals surface area contributed by atoms with Gasteiger partial charge in [0.1, 0.15) is 11.4 Å². The van der Waals surface area contributed by atoms with Crippen LogP contribution in [0.2, 0.25) is 0 Å². The number of hydrogen-bond acceptors (Lipinski definition) is 6. The van der Waals surface area contributed by atoms with E-state index in [1.807, 2.05) is 12.1 Å². The van der Waals surface area contributed by atoms with Crippen molar-refractivity contribution >= 4 is 0 Å². The Kier molecular flexibility index (Phi) is 3.93. The highest BCUT2D eigenvalue weighted by molar-refractivity contribution is 5.51. The van der Waals surface area contributed by atoms with Crippen molar-refractivity contribution in [3.63, 3.8) is 0 Å². The van der Waals surface area contributed by atoms with Crippen LogP contribution in [0.15, 0.2) is 12.1 Å². The van der Waals surface area contributed by atoms with E-state index in [1.54, 1.807) is 7.11 Å². The molecular weight excluding hydrogens is 274 g/mol. The third-order valence-electron chi connectivity index (χ3n) is 4.10. The molecule has 2 N–H and O–H groups in total. The number of likely N-dealkylation sites (tertiary alicyclic amines) is 1. The van der Waals surface area contributed by atoms with Gasteiger partial charge in [0.05, 0.1) is 13.7 Å². The summed E-state index contributed by atoms with van der Waals surface area (Å²) in [5.41, 5.74) is -0.00843. The molecule has 116 valence electrons. The zero-order valence-corrected chi connectivity index (χ0v) is 12.2. The highest BCUT2D eigenvalue weighted by Gasteiger charge is 2.33. The Bertz CT molecular complexity index is 521. The molecule has 0 aliphatic carbocycles. The number of rotatable bonds is 4. The fourth-order valence-electron chi connectivity index (χ4n) is 2.99. The SMILES string of the molecule is COc1cc2c(cc1CN1CCCC(O)(CO)C1)OCO2. The minimum Gasteiger partial charge on any atom is -0.496 e. The standard InChI is InChI=1S/C15H21NO5/c1-19-12-6-14-13(20-10-21-14)5-11(12)7-16-4-2-3-15(18,8-16)9-17/h5-6,17-18H,2-4,7-10H2,1H3. The van der Waals surface area contributed by atoms with Gasteiger partial charge in [0, 0.05) is 24.7 Å². The number of fused-ring (bicyclic) bond motifs is 1. The second kappa shape index (κ2) is 5.71. The predicted octanol–water partition coefficient (Wildman–Crippen LogP) is 0.743. The minimum absolute atomic E-state index is 0.207. The summed E-state index contributed by atoms with van der Waals surface area (Å²) in [5, 5.41) is 19.6. The van der Waals surface area contributed by atoms with Gasteiger partial charge >= 0.3 is 0 Å². The molecule has 0 bridgehead atoms. The lowest BCUT2D eigenvalue weighted by Crippen LogP contribution is -2.50. The molecule has 3 rings (SSSR count). The van der Waals surface area contributed by atoms with E-state index in [0.717, 1.165) is 30.0 Å². The Morgan fingerprint density at radius 2 is 2.10 bits per heavy atom. The average molecular weight is 295 g/mol. The molecule has 2 aliphatic heterocycles. The monoisotopic (exact) mass is 295 g/mol. The minimum atomic E-state index is -0.998. The van der Waals surface area contributed by atoms with Gasteiger partial charge in [-0.05, 0) is 25.5 Å². The quantitative estimate of drug-likeness (QED) is 0.854. The van der Waals surface area contributed by atoms with Gasteiger partial charge in [0.25, 0.3) is 0 Å². The van der Waals surface area contributed by atoms with Crippen LogP contribution in [0.1, 0.15) is 18.4 Å². The molecular formula is C15H21NO5. The Balaban J connectivity index is 1.78. The molecule has 2 aliphatic rings. The third kappa shape index (κ3) is 2.92. The summed E-state index contributed by atoms with van der Waals surface area (Å²) < 4.78 is 16.2. The maximum Gasteiger partial charge on any atom is 0.231 e. The molecule has 1 saturated heterocycles. The van der Waals surface area contributed by atoms with Gasteiger partial charge in [-0.15, -0.1) is 0 Å². The summed E-state index contributed by atoms with van der Waals surface area (Å²) in [4.78, 5) is 2.12. The lowest BCUT2D eigenvalue weighted by molar-refractivity contribution is -0.0688. The van der Waals surface area contributed by atoms with E-state index in [-0.39, 0.29) is 13.4 Å². The predicted molar refractivity (Wildman–Crippen MR) is 75.7 cm³/mol. The van der Waals surface area contributed by atoms with E-state index in [0.29, 0.717) is 25.3 Å². The van der Waals surface area contributed by atoms with E-state index in [1.165, 1.54) is 0 Å². The highest BCUT2D eigenvalue weighted by Crippen LogP contribution is 2.38. The lowest BCUT2D eigenvalue weighted by Gasteiger charge is -2.38. The van der Waals surface area contributed by atoms with Crippen LogP contribution >= 0.6 is 0 Å². The first-order valence-corrected chi connectivity index (χ1v) is 7.16. The first kappa shape index (κ1) is 14.4. The first-order valence-electron chi connectivity index (χ1n) is 7.16. The highest BCUT2D eigenvalue weighted by atomic mass is 16.7. The number of aliphatic hydroxyl groups is 2. The second-order valence-corrected chi connectivity index (χ2v) is 5.71. The fourth-order valence-corrected chi connectivity index (χ4v) is 2.99. The van der Waals surface area contributed by atoms with Gasteiger partial charge in [0.15, 0.2) is 11.5 Å². The van der Waals surface area contributed by atoms with Crippen molar-refractivity contribution in [3.05, 3.63) is 17.7 Å². The molecule has 1 aromatic carbocycles. The lowest BCUT2D eigenvalue weighted by atomic mass is 9.93. The van der Waals surface area contributed by atoms with Crippen LogP contribution < -0.4 is 14.2 Å². The van der Waals surface area contributed by atoms with Gasteiger partial charge in [-0.2, -0.15) is 0 Å². The van der Waals surface area contributed by atoms with E-state index in [2.05, 4.69) is 4.90 Å². The van der Waals surface area contributed by atoms with Gasteiger partial charge in [-0.25, -0.2) is 0 Å². The van der Waals surface area contributed by atoms with E-state index in [9.17, 15) is 10.2 Å². The normalized spacial score (nSPS) is 25.1. The molecule has 1 fully saturated rings. The number of nitrogens with zero attached hydrogens (tertiary/aromatic N) is 1. The van der Waals surface area contributed by atoms with Crippen molar-refractivity contribution in [1.29, 1.82) is 0 Å². The summed E-state index contributed by atoms with van der Waals surface area (Å²) >= 11 is 0. The maximum atomic E-state index is 10.2. The molecule has 6 heteroatoms. The third-order valence-corrected chi connectivity index (χ3v) is 4.10. The topological polar surface area (TPSA) is 71.4 Å².